The van der Waals surface area contributed by atoms with Crippen molar-refractivity contribution in [2.75, 3.05) is 18.0 Å². The minimum absolute atomic E-state index is 0.152. The zero-order valence-electron chi connectivity index (χ0n) is 14.5. The molecule has 2 N–H and O–H groups in total. The summed E-state index contributed by atoms with van der Waals surface area (Å²) < 4.78 is 43.2. The van der Waals surface area contributed by atoms with Gasteiger partial charge in [0.25, 0.3) is 5.91 Å². The van der Waals surface area contributed by atoms with E-state index in [1.165, 1.54) is 12.3 Å². The van der Waals surface area contributed by atoms with Crippen LogP contribution in [0, 0.1) is 0 Å². The zero-order valence-corrected chi connectivity index (χ0v) is 14.5. The summed E-state index contributed by atoms with van der Waals surface area (Å²) in [6.45, 7) is 1.04. The summed E-state index contributed by atoms with van der Waals surface area (Å²) >= 11 is 0. The summed E-state index contributed by atoms with van der Waals surface area (Å²) in [7, 11) is 0. The number of alkyl halides is 3. The lowest BCUT2D eigenvalue weighted by Crippen LogP contribution is -2.37. The van der Waals surface area contributed by atoms with E-state index >= 15 is 0 Å². The van der Waals surface area contributed by atoms with Gasteiger partial charge in [-0.25, -0.2) is 4.98 Å². The number of carbonyl (C=O) groups excluding carboxylic acids is 1. The molecular formula is C18H16F3N5O2. The number of nitrogens with one attached hydrogen (secondary N) is 2. The number of carbonyl (C=O) groups is 1. The van der Waals surface area contributed by atoms with Gasteiger partial charge in [-0.05, 0) is 30.7 Å². The molecule has 1 saturated heterocycles. The fraction of sp³-hybridized carbons (Fsp3) is 0.278. The number of halogens is 3. The Bertz CT molecular complexity index is 951. The van der Waals surface area contributed by atoms with Crippen molar-refractivity contribution in [2.24, 2.45) is 0 Å². The number of nitrogens with zero attached hydrogens (tertiary/aromatic N) is 3. The van der Waals surface area contributed by atoms with Crippen LogP contribution in [0.1, 0.15) is 22.5 Å². The molecule has 146 valence electrons. The molecule has 10 heteroatoms. The molecular weight excluding hydrogens is 375 g/mol. The van der Waals surface area contributed by atoms with E-state index in [0.717, 1.165) is 12.3 Å². The highest BCUT2D eigenvalue weighted by atomic mass is 19.4. The molecule has 0 aliphatic carbocycles. The second-order valence-electron chi connectivity index (χ2n) is 6.45. The Morgan fingerprint density at radius 1 is 1.32 bits per heavy atom. The minimum atomic E-state index is -4.41. The molecule has 0 spiro atoms. The van der Waals surface area contributed by atoms with Gasteiger partial charge in [0.2, 0.25) is 0 Å². The van der Waals surface area contributed by atoms with Gasteiger partial charge < -0.3 is 14.6 Å². The molecule has 28 heavy (non-hydrogen) atoms. The van der Waals surface area contributed by atoms with Gasteiger partial charge in [-0.1, -0.05) is 0 Å². The molecule has 1 atom stereocenters. The number of pyridine rings is 1. The first-order valence-electron chi connectivity index (χ1n) is 8.58. The average molecular weight is 391 g/mol. The van der Waals surface area contributed by atoms with E-state index in [1.807, 2.05) is 4.90 Å². The van der Waals surface area contributed by atoms with Gasteiger partial charge in [-0.3, -0.25) is 9.89 Å². The smallest absolute Gasteiger partial charge is 0.417 e. The lowest BCUT2D eigenvalue weighted by atomic mass is 10.2. The lowest BCUT2D eigenvalue weighted by Gasteiger charge is -2.18. The van der Waals surface area contributed by atoms with Crippen LogP contribution >= 0.6 is 0 Å². The van der Waals surface area contributed by atoms with Crippen molar-refractivity contribution in [3.05, 3.63) is 54.0 Å². The van der Waals surface area contributed by atoms with Crippen molar-refractivity contribution >= 4 is 11.7 Å². The molecule has 7 nitrogen and oxygen atoms in total. The molecule has 1 fully saturated rings. The molecule has 0 unspecified atom stereocenters. The molecule has 3 aromatic rings. The molecule has 1 aliphatic rings. The van der Waals surface area contributed by atoms with Gasteiger partial charge in [0.15, 0.2) is 11.5 Å². The fourth-order valence-electron chi connectivity index (χ4n) is 3.08. The second-order valence-corrected chi connectivity index (χ2v) is 6.45. The maximum absolute atomic E-state index is 12.6. The molecule has 3 aromatic heterocycles. The van der Waals surface area contributed by atoms with Crippen LogP contribution in [-0.2, 0) is 6.18 Å². The van der Waals surface area contributed by atoms with Gasteiger partial charge in [0.1, 0.15) is 11.5 Å². The van der Waals surface area contributed by atoms with Gasteiger partial charge >= 0.3 is 6.18 Å². The predicted molar refractivity (Wildman–Crippen MR) is 93.6 cm³/mol. The van der Waals surface area contributed by atoms with Crippen LogP contribution in [0.5, 0.6) is 0 Å². The maximum atomic E-state index is 12.6. The van der Waals surface area contributed by atoms with Crippen LogP contribution in [0.2, 0.25) is 0 Å². The highest BCUT2D eigenvalue weighted by Gasteiger charge is 2.31. The number of amides is 1. The van der Waals surface area contributed by atoms with E-state index in [-0.39, 0.29) is 17.6 Å². The Morgan fingerprint density at radius 3 is 2.86 bits per heavy atom. The molecule has 4 heterocycles. The summed E-state index contributed by atoms with van der Waals surface area (Å²) in [5.41, 5.74) is 0.0425. The van der Waals surface area contributed by atoms with E-state index < -0.39 is 11.7 Å². The number of H-pyrrole nitrogens is 1. The number of aromatic nitrogens is 3. The summed E-state index contributed by atoms with van der Waals surface area (Å²) in [4.78, 5) is 18.1. The van der Waals surface area contributed by atoms with E-state index in [4.69, 9.17) is 4.42 Å². The molecule has 1 amide bonds. The number of hydrogen-bond acceptors (Lipinski definition) is 5. The normalized spacial score (nSPS) is 17.1. The van der Waals surface area contributed by atoms with E-state index in [9.17, 15) is 18.0 Å². The molecule has 0 aromatic carbocycles. The molecule has 0 radical (unpaired) electrons. The number of anilines is 1. The van der Waals surface area contributed by atoms with Crippen LogP contribution in [-0.4, -0.2) is 40.2 Å². The first-order valence-corrected chi connectivity index (χ1v) is 8.58. The number of aromatic amines is 1. The third-order valence-electron chi connectivity index (χ3n) is 4.52. The number of rotatable bonds is 4. The monoisotopic (exact) mass is 391 g/mol. The van der Waals surface area contributed by atoms with Crippen molar-refractivity contribution in [3.63, 3.8) is 0 Å². The minimum Gasteiger partial charge on any atom is -0.463 e. The predicted octanol–water partition coefficient (Wildman–Crippen LogP) is 3.09. The fourth-order valence-corrected chi connectivity index (χ4v) is 3.08. The Hall–Kier alpha value is -3.30. The van der Waals surface area contributed by atoms with Crippen LogP contribution in [0.25, 0.3) is 11.5 Å². The molecule has 4 rings (SSSR count). The van der Waals surface area contributed by atoms with Crippen LogP contribution in [0.4, 0.5) is 19.0 Å². The van der Waals surface area contributed by atoms with Crippen molar-refractivity contribution in [1.29, 1.82) is 0 Å². The highest BCUT2D eigenvalue weighted by Crippen LogP contribution is 2.30. The number of hydrogen-bond donors (Lipinski definition) is 2. The highest BCUT2D eigenvalue weighted by molar-refractivity contribution is 5.93. The zero-order chi connectivity index (χ0) is 19.7. The Morgan fingerprint density at radius 2 is 2.18 bits per heavy atom. The lowest BCUT2D eigenvalue weighted by molar-refractivity contribution is -0.137. The van der Waals surface area contributed by atoms with E-state index in [2.05, 4.69) is 20.5 Å². The first-order chi connectivity index (χ1) is 13.4. The van der Waals surface area contributed by atoms with Gasteiger partial charge in [0.05, 0.1) is 11.8 Å². The summed E-state index contributed by atoms with van der Waals surface area (Å²) in [6.07, 6.45) is -1.41. The standard InChI is InChI=1S/C18H16F3N5O2/c19-18(20,21)11-3-4-16(22-9-11)26-6-5-12(10-26)23-17(27)14-8-13(24-25-14)15-2-1-7-28-15/h1-4,7-9,12H,5-6,10H2,(H,23,27)(H,24,25)/t12-/m0/s1. The summed E-state index contributed by atoms with van der Waals surface area (Å²) in [5.74, 6) is 0.692. The Balaban J connectivity index is 1.36. The van der Waals surface area contributed by atoms with Crippen LogP contribution < -0.4 is 10.2 Å². The van der Waals surface area contributed by atoms with Crippen LogP contribution in [0.3, 0.4) is 0 Å². The second kappa shape index (κ2) is 7.02. The Kier molecular flexibility index (Phi) is 4.54. The number of furan rings is 1. The van der Waals surface area contributed by atoms with Crippen molar-refractivity contribution in [3.8, 4) is 11.5 Å². The Labute approximate surface area is 157 Å². The average Bonchev–Trinajstić information content (AvgIpc) is 3.41. The topological polar surface area (TPSA) is 87.0 Å². The van der Waals surface area contributed by atoms with E-state index in [0.29, 0.717) is 36.8 Å². The van der Waals surface area contributed by atoms with Crippen LogP contribution in [0.15, 0.2) is 47.2 Å². The van der Waals surface area contributed by atoms with E-state index in [1.54, 1.807) is 18.2 Å². The SMILES string of the molecule is O=C(N[C@H]1CCN(c2ccc(C(F)(F)F)cn2)C1)c1cc(-c2ccco2)[nH]n1. The summed E-state index contributed by atoms with van der Waals surface area (Å²) in [5, 5.41) is 9.63. The first kappa shape index (κ1) is 18.1. The third kappa shape index (κ3) is 3.71. The molecule has 0 bridgehead atoms. The third-order valence-corrected chi connectivity index (χ3v) is 4.52. The van der Waals surface area contributed by atoms with Crippen molar-refractivity contribution < 1.29 is 22.4 Å². The van der Waals surface area contributed by atoms with Crippen molar-refractivity contribution in [2.45, 2.75) is 18.6 Å². The van der Waals surface area contributed by atoms with Crippen molar-refractivity contribution in [1.82, 2.24) is 20.5 Å². The summed E-state index contributed by atoms with van der Waals surface area (Å²) in [6, 6.07) is 7.28. The quantitative estimate of drug-likeness (QED) is 0.714. The van der Waals surface area contributed by atoms with Gasteiger partial charge in [-0.2, -0.15) is 18.3 Å². The largest absolute Gasteiger partial charge is 0.463 e. The maximum Gasteiger partial charge on any atom is 0.417 e. The van der Waals surface area contributed by atoms with Gasteiger partial charge in [0, 0.05) is 31.4 Å². The molecule has 1 aliphatic heterocycles. The van der Waals surface area contributed by atoms with Gasteiger partial charge in [-0.15, -0.1) is 0 Å². The molecule has 0 saturated carbocycles.